The van der Waals surface area contributed by atoms with Crippen LogP contribution in [0.5, 0.6) is 0 Å². The fourth-order valence-corrected chi connectivity index (χ4v) is 5.66. The summed E-state index contributed by atoms with van der Waals surface area (Å²) >= 11 is 6.04. The second-order valence-corrected chi connectivity index (χ2v) is 9.38. The second-order valence-electron chi connectivity index (χ2n) is 8.95. The van der Waals surface area contributed by atoms with E-state index >= 15 is 0 Å². The highest BCUT2D eigenvalue weighted by Gasteiger charge is 2.41. The van der Waals surface area contributed by atoms with E-state index in [1.165, 1.54) is 29.7 Å². The number of anilines is 2. The molecule has 2 atom stereocenters. The minimum Gasteiger partial charge on any atom is -0.351 e. The largest absolute Gasteiger partial charge is 0.351 e. The van der Waals surface area contributed by atoms with Crippen molar-refractivity contribution < 1.29 is 4.39 Å². The third-order valence-electron chi connectivity index (χ3n) is 7.20. The van der Waals surface area contributed by atoms with Crippen LogP contribution in [0.3, 0.4) is 0 Å². The van der Waals surface area contributed by atoms with E-state index in [4.69, 9.17) is 11.6 Å². The minimum absolute atomic E-state index is 0.107. The molecule has 5 heteroatoms. The van der Waals surface area contributed by atoms with Crippen molar-refractivity contribution in [3.05, 3.63) is 58.4 Å². The van der Waals surface area contributed by atoms with Gasteiger partial charge in [-0.05, 0) is 87.0 Å². The molecule has 154 valence electrons. The number of piperidine rings is 1. The predicted molar refractivity (Wildman–Crippen MR) is 119 cm³/mol. The van der Waals surface area contributed by atoms with Crippen molar-refractivity contribution in [3.8, 4) is 0 Å². The Hall–Kier alpha value is -1.78. The van der Waals surface area contributed by atoms with Crippen LogP contribution >= 0.6 is 11.6 Å². The lowest BCUT2D eigenvalue weighted by atomic mass is 9.89. The number of likely N-dealkylation sites (N-methyl/N-ethyl adjacent to an activating group) is 1. The van der Waals surface area contributed by atoms with Gasteiger partial charge in [0, 0.05) is 24.7 Å². The molecule has 0 spiro atoms. The number of benzene rings is 2. The molecule has 0 saturated carbocycles. The maximum absolute atomic E-state index is 14.2. The quantitative estimate of drug-likeness (QED) is 0.678. The first-order chi connectivity index (χ1) is 14.0. The molecule has 2 aromatic rings. The zero-order valence-electron chi connectivity index (χ0n) is 17.2. The summed E-state index contributed by atoms with van der Waals surface area (Å²) in [5, 5.41) is 0.807. The van der Waals surface area contributed by atoms with Gasteiger partial charge >= 0.3 is 0 Å². The molecule has 1 saturated heterocycles. The summed E-state index contributed by atoms with van der Waals surface area (Å²) in [4.78, 5) is 7.45. The molecule has 1 fully saturated rings. The third kappa shape index (κ3) is 3.40. The lowest BCUT2D eigenvalue weighted by Gasteiger charge is -2.42. The van der Waals surface area contributed by atoms with Crippen LogP contribution in [-0.4, -0.2) is 43.8 Å². The molecule has 0 radical (unpaired) electrons. The monoisotopic (exact) mass is 413 g/mol. The smallest absolute Gasteiger partial charge is 0.125 e. The van der Waals surface area contributed by atoms with Crippen molar-refractivity contribution in [2.45, 2.75) is 50.7 Å². The Morgan fingerprint density at radius 1 is 1.07 bits per heavy atom. The van der Waals surface area contributed by atoms with Crippen LogP contribution in [0.4, 0.5) is 15.8 Å². The average molecular weight is 414 g/mol. The maximum atomic E-state index is 14.2. The lowest BCUT2D eigenvalue weighted by molar-refractivity contribution is 0.197. The van der Waals surface area contributed by atoms with Crippen LogP contribution in [0.15, 0.2) is 36.4 Å². The zero-order chi connectivity index (χ0) is 20.1. The zero-order valence-corrected chi connectivity index (χ0v) is 18.0. The van der Waals surface area contributed by atoms with E-state index in [9.17, 15) is 4.39 Å². The molecule has 0 aliphatic carbocycles. The number of nitrogens with zero attached hydrogens (tertiary/aromatic N) is 3. The Morgan fingerprint density at radius 2 is 1.79 bits per heavy atom. The first kappa shape index (κ1) is 19.2. The van der Waals surface area contributed by atoms with Gasteiger partial charge in [-0.3, -0.25) is 4.90 Å². The number of aryl methyl sites for hydroxylation is 1. The average Bonchev–Trinajstić information content (AvgIpc) is 2.99. The van der Waals surface area contributed by atoms with Crippen molar-refractivity contribution >= 4 is 23.0 Å². The standard InChI is InChI=1S/C24H29ClFN3/c1-16-3-4-19-13-21(26)14-22-24(19)29(16)23(27(22)2)15-28-11-9-18(10-12-28)17-5-7-20(25)8-6-17/h5-8,13-14,16,18,23H,3-4,9-12,15H2,1-2H3. The first-order valence-corrected chi connectivity index (χ1v) is 11.2. The summed E-state index contributed by atoms with van der Waals surface area (Å²) in [7, 11) is 2.13. The number of hydrogen-bond acceptors (Lipinski definition) is 3. The van der Waals surface area contributed by atoms with Crippen LogP contribution in [-0.2, 0) is 6.42 Å². The molecule has 3 aliphatic heterocycles. The molecule has 0 amide bonds. The molecule has 2 unspecified atom stereocenters. The third-order valence-corrected chi connectivity index (χ3v) is 7.45. The van der Waals surface area contributed by atoms with Gasteiger partial charge in [-0.1, -0.05) is 23.7 Å². The molecule has 3 aliphatic rings. The van der Waals surface area contributed by atoms with E-state index in [-0.39, 0.29) is 12.0 Å². The number of rotatable bonds is 3. The van der Waals surface area contributed by atoms with E-state index in [0.29, 0.717) is 12.0 Å². The van der Waals surface area contributed by atoms with Gasteiger partial charge in [-0.25, -0.2) is 4.39 Å². The summed E-state index contributed by atoms with van der Waals surface area (Å²) in [6, 6.07) is 12.3. The van der Waals surface area contributed by atoms with E-state index in [1.54, 1.807) is 12.1 Å². The molecule has 3 heterocycles. The normalized spacial score (nSPS) is 24.8. The summed E-state index contributed by atoms with van der Waals surface area (Å²) < 4.78 is 14.2. The molecule has 0 N–H and O–H groups in total. The van der Waals surface area contributed by atoms with Gasteiger partial charge in [-0.15, -0.1) is 0 Å². The van der Waals surface area contributed by atoms with Crippen molar-refractivity contribution in [1.82, 2.24) is 4.90 Å². The Bertz CT molecular complexity index is 892. The SMILES string of the molecule is CC1CCc2cc(F)cc3c2N1C(CN1CCC(c2ccc(Cl)cc2)CC1)N3C. The van der Waals surface area contributed by atoms with Crippen molar-refractivity contribution in [2.24, 2.45) is 0 Å². The summed E-state index contributed by atoms with van der Waals surface area (Å²) in [6.07, 6.45) is 4.72. The Kier molecular flexibility index (Phi) is 4.95. The van der Waals surface area contributed by atoms with Crippen LogP contribution in [0.1, 0.15) is 43.2 Å². The highest BCUT2D eigenvalue weighted by atomic mass is 35.5. The van der Waals surface area contributed by atoms with Gasteiger partial charge < -0.3 is 9.80 Å². The topological polar surface area (TPSA) is 9.72 Å². The van der Waals surface area contributed by atoms with Gasteiger partial charge in [0.1, 0.15) is 12.0 Å². The van der Waals surface area contributed by atoms with Gasteiger partial charge in [0.15, 0.2) is 0 Å². The molecule has 29 heavy (non-hydrogen) atoms. The summed E-state index contributed by atoms with van der Waals surface area (Å²) in [5.41, 5.74) is 4.92. The Balaban J connectivity index is 1.30. The first-order valence-electron chi connectivity index (χ1n) is 10.8. The molecule has 0 bridgehead atoms. The molecule has 5 rings (SSSR count). The van der Waals surface area contributed by atoms with Crippen LogP contribution < -0.4 is 9.80 Å². The minimum atomic E-state index is -0.107. The number of halogens is 2. The van der Waals surface area contributed by atoms with E-state index in [1.807, 2.05) is 12.1 Å². The summed E-state index contributed by atoms with van der Waals surface area (Å²) in [5.74, 6) is 0.515. The Morgan fingerprint density at radius 3 is 2.52 bits per heavy atom. The van der Waals surface area contributed by atoms with Gasteiger partial charge in [0.25, 0.3) is 0 Å². The van der Waals surface area contributed by atoms with Crippen molar-refractivity contribution in [2.75, 3.05) is 36.5 Å². The van der Waals surface area contributed by atoms with Crippen LogP contribution in [0.25, 0.3) is 0 Å². The van der Waals surface area contributed by atoms with Gasteiger partial charge in [0.05, 0.1) is 11.4 Å². The fourth-order valence-electron chi connectivity index (χ4n) is 5.54. The predicted octanol–water partition coefficient (Wildman–Crippen LogP) is 5.28. The van der Waals surface area contributed by atoms with Gasteiger partial charge in [0.2, 0.25) is 0 Å². The van der Waals surface area contributed by atoms with Gasteiger partial charge in [-0.2, -0.15) is 0 Å². The van der Waals surface area contributed by atoms with E-state index < -0.39 is 0 Å². The van der Waals surface area contributed by atoms with Crippen LogP contribution in [0.2, 0.25) is 5.02 Å². The summed E-state index contributed by atoms with van der Waals surface area (Å²) in [6.45, 7) is 5.54. The van der Waals surface area contributed by atoms with E-state index in [2.05, 4.69) is 40.8 Å². The van der Waals surface area contributed by atoms with Crippen molar-refractivity contribution in [1.29, 1.82) is 0 Å². The highest BCUT2D eigenvalue weighted by molar-refractivity contribution is 6.30. The molecular weight excluding hydrogens is 385 g/mol. The molecule has 0 aromatic heterocycles. The maximum Gasteiger partial charge on any atom is 0.125 e. The molecular formula is C24H29ClFN3. The second kappa shape index (κ2) is 7.48. The number of likely N-dealkylation sites (tertiary alicyclic amines) is 1. The lowest BCUT2D eigenvalue weighted by Crippen LogP contribution is -2.54. The molecule has 3 nitrogen and oxygen atoms in total. The van der Waals surface area contributed by atoms with Crippen molar-refractivity contribution in [3.63, 3.8) is 0 Å². The number of hydrogen-bond donors (Lipinski definition) is 0. The van der Waals surface area contributed by atoms with E-state index in [0.717, 1.165) is 43.2 Å². The fraction of sp³-hybridized carbons (Fsp3) is 0.500. The molecule has 2 aromatic carbocycles. The highest BCUT2D eigenvalue weighted by Crippen LogP contribution is 2.47. The van der Waals surface area contributed by atoms with Crippen LogP contribution in [0, 0.1) is 5.82 Å². The Labute approximate surface area is 178 Å².